The van der Waals surface area contributed by atoms with Crippen LogP contribution in [0, 0.1) is 0 Å². The van der Waals surface area contributed by atoms with Crippen molar-refractivity contribution in [2.45, 2.75) is 20.0 Å². The van der Waals surface area contributed by atoms with Crippen molar-refractivity contribution in [3.05, 3.63) is 39.6 Å². The number of nitrogen functional groups attached to an aromatic ring is 1. The Labute approximate surface area is 122 Å². The van der Waals surface area contributed by atoms with Gasteiger partial charge in [-0.15, -0.1) is 0 Å². The van der Waals surface area contributed by atoms with Gasteiger partial charge >= 0.3 is 0 Å². The molecule has 0 saturated heterocycles. The van der Waals surface area contributed by atoms with E-state index in [1.54, 1.807) is 16.8 Å². The standard InChI is InChI=1S/C13H15Cl2N3O/c1-3-8-4-9(18(2)17-8)7-19-13-6-11(15)10(14)5-12(13)16/h4-6H,3,7,16H2,1-2H3. The maximum Gasteiger partial charge on any atom is 0.144 e. The van der Waals surface area contributed by atoms with Gasteiger partial charge in [0.25, 0.3) is 0 Å². The molecule has 1 aromatic carbocycles. The fourth-order valence-corrected chi connectivity index (χ4v) is 2.03. The zero-order valence-corrected chi connectivity index (χ0v) is 12.3. The van der Waals surface area contributed by atoms with Crippen LogP contribution in [0.5, 0.6) is 5.75 Å². The van der Waals surface area contributed by atoms with Crippen LogP contribution < -0.4 is 10.5 Å². The predicted molar refractivity (Wildman–Crippen MR) is 77.8 cm³/mol. The fourth-order valence-electron chi connectivity index (χ4n) is 1.70. The van der Waals surface area contributed by atoms with E-state index in [9.17, 15) is 0 Å². The van der Waals surface area contributed by atoms with Crippen LogP contribution in [0.25, 0.3) is 0 Å². The third kappa shape index (κ3) is 3.14. The summed E-state index contributed by atoms with van der Waals surface area (Å²) < 4.78 is 7.47. The first-order valence-electron chi connectivity index (χ1n) is 5.90. The molecular formula is C13H15Cl2N3O. The van der Waals surface area contributed by atoms with E-state index < -0.39 is 0 Å². The van der Waals surface area contributed by atoms with Crippen LogP contribution in [0.2, 0.25) is 10.0 Å². The molecule has 4 nitrogen and oxygen atoms in total. The van der Waals surface area contributed by atoms with E-state index in [1.165, 1.54) is 0 Å². The van der Waals surface area contributed by atoms with Crippen molar-refractivity contribution in [1.82, 2.24) is 9.78 Å². The zero-order valence-electron chi connectivity index (χ0n) is 10.8. The number of hydrogen-bond acceptors (Lipinski definition) is 3. The normalized spacial score (nSPS) is 10.7. The van der Waals surface area contributed by atoms with Crippen LogP contribution in [-0.2, 0) is 20.1 Å². The van der Waals surface area contributed by atoms with Crippen LogP contribution in [0.3, 0.4) is 0 Å². The smallest absolute Gasteiger partial charge is 0.144 e. The first-order chi connectivity index (χ1) is 9.01. The number of benzene rings is 1. The molecule has 0 aliphatic heterocycles. The average Bonchev–Trinajstić information content (AvgIpc) is 2.73. The number of nitrogens with two attached hydrogens (primary N) is 1. The van der Waals surface area contributed by atoms with E-state index in [4.69, 9.17) is 33.7 Å². The molecular weight excluding hydrogens is 285 g/mol. The van der Waals surface area contributed by atoms with E-state index >= 15 is 0 Å². The Morgan fingerprint density at radius 1 is 1.26 bits per heavy atom. The minimum atomic E-state index is 0.381. The Hall–Kier alpha value is -1.39. The molecule has 0 unspecified atom stereocenters. The number of anilines is 1. The minimum absolute atomic E-state index is 0.381. The molecule has 0 spiro atoms. The van der Waals surface area contributed by atoms with Gasteiger partial charge in [0.05, 0.1) is 27.1 Å². The quantitative estimate of drug-likeness (QED) is 0.880. The molecule has 102 valence electrons. The number of nitrogens with zero attached hydrogens (tertiary/aromatic N) is 2. The summed E-state index contributed by atoms with van der Waals surface area (Å²) in [5, 5.41) is 5.19. The third-order valence-electron chi connectivity index (χ3n) is 2.82. The first-order valence-corrected chi connectivity index (χ1v) is 6.66. The van der Waals surface area contributed by atoms with Gasteiger partial charge in [-0.05, 0) is 18.6 Å². The van der Waals surface area contributed by atoms with Crippen molar-refractivity contribution in [3.8, 4) is 5.75 Å². The second-order valence-electron chi connectivity index (χ2n) is 4.20. The molecule has 1 heterocycles. The Morgan fingerprint density at radius 2 is 1.95 bits per heavy atom. The first kappa shape index (κ1) is 14.0. The number of aromatic nitrogens is 2. The maximum absolute atomic E-state index is 5.94. The fraction of sp³-hybridized carbons (Fsp3) is 0.308. The Kier molecular flexibility index (Phi) is 4.22. The summed E-state index contributed by atoms with van der Waals surface area (Å²) in [6.07, 6.45) is 0.892. The van der Waals surface area contributed by atoms with Crippen LogP contribution >= 0.6 is 23.2 Å². The average molecular weight is 300 g/mol. The summed E-state index contributed by atoms with van der Waals surface area (Å²) in [7, 11) is 1.88. The number of ether oxygens (including phenoxy) is 1. The van der Waals surface area contributed by atoms with Crippen molar-refractivity contribution in [2.24, 2.45) is 7.05 Å². The molecule has 0 fully saturated rings. The highest BCUT2D eigenvalue weighted by Crippen LogP contribution is 2.32. The van der Waals surface area contributed by atoms with Crippen LogP contribution in [-0.4, -0.2) is 9.78 Å². The van der Waals surface area contributed by atoms with E-state index in [2.05, 4.69) is 12.0 Å². The Balaban J connectivity index is 2.14. The topological polar surface area (TPSA) is 53.1 Å². The molecule has 6 heteroatoms. The number of hydrogen-bond donors (Lipinski definition) is 1. The maximum atomic E-state index is 5.94. The summed E-state index contributed by atoms with van der Waals surface area (Å²) in [5.74, 6) is 0.522. The lowest BCUT2D eigenvalue weighted by molar-refractivity contribution is 0.296. The van der Waals surface area contributed by atoms with Crippen LogP contribution in [0.1, 0.15) is 18.3 Å². The van der Waals surface area contributed by atoms with E-state index in [0.717, 1.165) is 17.8 Å². The van der Waals surface area contributed by atoms with Gasteiger partial charge in [0, 0.05) is 13.1 Å². The molecule has 0 aliphatic rings. The molecule has 2 rings (SSSR count). The molecule has 0 bridgehead atoms. The molecule has 0 radical (unpaired) electrons. The second kappa shape index (κ2) is 5.72. The Bertz CT molecular complexity index is 596. The molecule has 2 aromatic rings. The van der Waals surface area contributed by atoms with E-state index in [-0.39, 0.29) is 0 Å². The molecule has 1 aromatic heterocycles. The largest absolute Gasteiger partial charge is 0.485 e. The lowest BCUT2D eigenvalue weighted by Gasteiger charge is -2.10. The lowest BCUT2D eigenvalue weighted by Crippen LogP contribution is -2.04. The van der Waals surface area contributed by atoms with Crippen LogP contribution in [0.15, 0.2) is 18.2 Å². The monoisotopic (exact) mass is 299 g/mol. The van der Waals surface area contributed by atoms with Crippen molar-refractivity contribution in [2.75, 3.05) is 5.73 Å². The molecule has 19 heavy (non-hydrogen) atoms. The van der Waals surface area contributed by atoms with Gasteiger partial charge in [-0.1, -0.05) is 30.1 Å². The summed E-state index contributed by atoms with van der Waals surface area (Å²) >= 11 is 11.8. The highest BCUT2D eigenvalue weighted by atomic mass is 35.5. The van der Waals surface area contributed by atoms with Gasteiger partial charge in [0.15, 0.2) is 0 Å². The molecule has 0 aliphatic carbocycles. The second-order valence-corrected chi connectivity index (χ2v) is 5.01. The van der Waals surface area contributed by atoms with E-state index in [0.29, 0.717) is 28.1 Å². The van der Waals surface area contributed by atoms with E-state index in [1.807, 2.05) is 13.1 Å². The molecule has 0 atom stereocenters. The Morgan fingerprint density at radius 3 is 2.58 bits per heavy atom. The lowest BCUT2D eigenvalue weighted by atomic mass is 10.3. The van der Waals surface area contributed by atoms with Gasteiger partial charge in [-0.3, -0.25) is 4.68 Å². The summed E-state index contributed by atoms with van der Waals surface area (Å²) in [4.78, 5) is 0. The minimum Gasteiger partial charge on any atom is -0.485 e. The summed E-state index contributed by atoms with van der Waals surface area (Å²) in [5.41, 5.74) is 8.30. The highest BCUT2D eigenvalue weighted by molar-refractivity contribution is 6.42. The van der Waals surface area contributed by atoms with Gasteiger partial charge < -0.3 is 10.5 Å². The number of aryl methyl sites for hydroxylation is 2. The summed E-state index contributed by atoms with van der Waals surface area (Å²) in [6, 6.07) is 5.21. The third-order valence-corrected chi connectivity index (χ3v) is 3.54. The van der Waals surface area contributed by atoms with Crippen LogP contribution in [0.4, 0.5) is 5.69 Å². The number of rotatable bonds is 4. The summed E-state index contributed by atoms with van der Waals surface area (Å²) in [6.45, 7) is 2.44. The van der Waals surface area contributed by atoms with Gasteiger partial charge in [0.1, 0.15) is 12.4 Å². The van der Waals surface area contributed by atoms with Crippen molar-refractivity contribution < 1.29 is 4.74 Å². The van der Waals surface area contributed by atoms with Crippen molar-refractivity contribution in [3.63, 3.8) is 0 Å². The molecule has 0 amide bonds. The van der Waals surface area contributed by atoms with Gasteiger partial charge in [-0.2, -0.15) is 5.10 Å². The zero-order chi connectivity index (χ0) is 14.0. The van der Waals surface area contributed by atoms with Gasteiger partial charge in [0.2, 0.25) is 0 Å². The molecule has 0 saturated carbocycles. The SMILES string of the molecule is CCc1cc(COc2cc(Cl)c(Cl)cc2N)n(C)n1. The van der Waals surface area contributed by atoms with Crippen molar-refractivity contribution in [1.29, 1.82) is 0 Å². The molecule has 2 N–H and O–H groups in total. The highest BCUT2D eigenvalue weighted by Gasteiger charge is 2.09. The number of halogens is 2. The van der Waals surface area contributed by atoms with Gasteiger partial charge in [-0.25, -0.2) is 0 Å². The predicted octanol–water partition coefficient (Wildman–Crippen LogP) is 3.45. The van der Waals surface area contributed by atoms with Crippen molar-refractivity contribution >= 4 is 28.9 Å².